The van der Waals surface area contributed by atoms with Crippen molar-refractivity contribution in [1.82, 2.24) is 15.2 Å². The molecule has 2 heterocycles. The van der Waals surface area contributed by atoms with E-state index in [-0.39, 0.29) is 5.92 Å². The van der Waals surface area contributed by atoms with Gasteiger partial charge in [0.1, 0.15) is 5.54 Å². The van der Waals surface area contributed by atoms with Gasteiger partial charge in [-0.3, -0.25) is 4.79 Å². The van der Waals surface area contributed by atoms with Gasteiger partial charge in [-0.25, -0.2) is 4.79 Å². The second-order valence-electron chi connectivity index (χ2n) is 8.71. The van der Waals surface area contributed by atoms with Crippen LogP contribution in [0.3, 0.4) is 0 Å². The zero-order valence-corrected chi connectivity index (χ0v) is 18.2. The van der Waals surface area contributed by atoms with E-state index in [1.54, 1.807) is 0 Å². The molecule has 8 heteroatoms. The fourth-order valence-electron chi connectivity index (χ4n) is 4.59. The maximum Gasteiger partial charge on any atom is 0.405 e. The van der Waals surface area contributed by atoms with Crippen LogP contribution in [-0.4, -0.2) is 39.1 Å². The predicted octanol–water partition coefficient (Wildman–Crippen LogP) is 4.60. The van der Waals surface area contributed by atoms with Crippen molar-refractivity contribution >= 4 is 34.5 Å². The van der Waals surface area contributed by atoms with E-state index in [4.69, 9.17) is 22.0 Å². The summed E-state index contributed by atoms with van der Waals surface area (Å²) in [7, 11) is 0. The number of benzene rings is 1. The summed E-state index contributed by atoms with van der Waals surface area (Å²) in [4.78, 5) is 28.2. The van der Waals surface area contributed by atoms with Gasteiger partial charge < -0.3 is 20.3 Å². The van der Waals surface area contributed by atoms with Gasteiger partial charge in [0.2, 0.25) is 5.91 Å². The quantitative estimate of drug-likeness (QED) is 0.631. The van der Waals surface area contributed by atoms with Crippen molar-refractivity contribution in [2.24, 2.45) is 5.92 Å². The van der Waals surface area contributed by atoms with Gasteiger partial charge in [-0.05, 0) is 31.7 Å². The van der Waals surface area contributed by atoms with Crippen LogP contribution in [0.15, 0.2) is 18.2 Å². The van der Waals surface area contributed by atoms with Gasteiger partial charge in [0.05, 0.1) is 16.6 Å². The van der Waals surface area contributed by atoms with Crippen molar-refractivity contribution in [3.05, 3.63) is 34.5 Å². The molecule has 5 rings (SSSR count). The third kappa shape index (κ3) is 4.64. The SMILES string of the molecule is N#CC1(NC(=O)O)CC1.O=C(C1CCCCC1)N1CCc2[nH]c3c(Cl)cccc3c2C1. The number of nitriles is 1. The maximum atomic E-state index is 12.8. The number of carbonyl (C=O) groups is 2. The van der Waals surface area contributed by atoms with E-state index in [1.165, 1.54) is 35.9 Å². The molecule has 2 amide bonds. The second kappa shape index (κ2) is 8.80. The third-order valence-corrected chi connectivity index (χ3v) is 6.85. The first-order chi connectivity index (χ1) is 14.9. The van der Waals surface area contributed by atoms with E-state index in [9.17, 15) is 9.59 Å². The van der Waals surface area contributed by atoms with E-state index >= 15 is 0 Å². The van der Waals surface area contributed by atoms with Gasteiger partial charge >= 0.3 is 6.09 Å². The van der Waals surface area contributed by atoms with Crippen LogP contribution in [0.25, 0.3) is 10.9 Å². The van der Waals surface area contributed by atoms with E-state index in [1.807, 2.05) is 18.2 Å². The van der Waals surface area contributed by atoms with Crippen LogP contribution in [0, 0.1) is 17.2 Å². The zero-order valence-electron chi connectivity index (χ0n) is 17.4. The average molecular weight is 443 g/mol. The minimum absolute atomic E-state index is 0.254. The van der Waals surface area contributed by atoms with E-state index < -0.39 is 11.6 Å². The van der Waals surface area contributed by atoms with Gasteiger partial charge in [-0.1, -0.05) is 43.0 Å². The number of para-hydroxylation sites is 1. The standard InChI is InChI=1S/C18H21ClN2O.C5H6N2O2/c19-15-8-4-7-13-14-11-21(10-9-16(14)20-17(13)15)18(22)12-5-2-1-3-6-12;6-3-5(1-2-5)7-4(8)9/h4,7-8,12,20H,1-3,5-6,9-11H2;7H,1-2H2,(H,8,9). The van der Waals surface area contributed by atoms with Crippen LogP contribution in [-0.2, 0) is 17.8 Å². The van der Waals surface area contributed by atoms with Crippen molar-refractivity contribution in [3.63, 3.8) is 0 Å². The van der Waals surface area contributed by atoms with Gasteiger partial charge in [-0.15, -0.1) is 0 Å². The molecule has 2 aliphatic carbocycles. The second-order valence-corrected chi connectivity index (χ2v) is 9.12. The first-order valence-corrected chi connectivity index (χ1v) is 11.3. The molecular formula is C23H27ClN4O3. The highest BCUT2D eigenvalue weighted by molar-refractivity contribution is 6.35. The summed E-state index contributed by atoms with van der Waals surface area (Å²) in [5.74, 6) is 0.617. The highest BCUT2D eigenvalue weighted by atomic mass is 35.5. The van der Waals surface area contributed by atoms with Gasteiger partial charge in [0.15, 0.2) is 0 Å². The molecule has 0 bridgehead atoms. The Morgan fingerprint density at radius 1 is 1.26 bits per heavy atom. The van der Waals surface area contributed by atoms with Crippen LogP contribution in [0.5, 0.6) is 0 Å². The van der Waals surface area contributed by atoms with Gasteiger partial charge in [0.25, 0.3) is 0 Å². The molecule has 7 nitrogen and oxygen atoms in total. The van der Waals surface area contributed by atoms with Crippen LogP contribution in [0.2, 0.25) is 5.02 Å². The number of hydrogen-bond acceptors (Lipinski definition) is 3. The number of nitrogens with zero attached hydrogens (tertiary/aromatic N) is 2. The van der Waals surface area contributed by atoms with E-state index in [0.717, 1.165) is 42.9 Å². The Hall–Kier alpha value is -2.72. The molecule has 0 radical (unpaired) electrons. The molecule has 0 atom stereocenters. The van der Waals surface area contributed by atoms with Crippen LogP contribution in [0.4, 0.5) is 4.79 Å². The number of aromatic nitrogens is 1. The summed E-state index contributed by atoms with van der Waals surface area (Å²) >= 11 is 6.29. The molecule has 0 unspecified atom stereocenters. The summed E-state index contributed by atoms with van der Waals surface area (Å²) in [5.41, 5.74) is 2.79. The number of carbonyl (C=O) groups excluding carboxylic acids is 1. The number of amides is 2. The topological polar surface area (TPSA) is 109 Å². The lowest BCUT2D eigenvalue weighted by Gasteiger charge is -2.32. The molecule has 164 valence electrons. The van der Waals surface area contributed by atoms with E-state index in [2.05, 4.69) is 21.3 Å². The fourth-order valence-corrected chi connectivity index (χ4v) is 4.81. The first kappa shape index (κ1) is 21.5. The lowest BCUT2D eigenvalue weighted by Crippen LogP contribution is -2.40. The summed E-state index contributed by atoms with van der Waals surface area (Å²) in [5, 5.41) is 20.6. The summed E-state index contributed by atoms with van der Waals surface area (Å²) < 4.78 is 0. The Balaban J connectivity index is 0.000000217. The molecule has 1 aromatic carbocycles. The molecule has 2 saturated carbocycles. The number of nitrogens with one attached hydrogen (secondary N) is 2. The molecule has 1 aliphatic heterocycles. The molecule has 3 aliphatic rings. The monoisotopic (exact) mass is 442 g/mol. The molecule has 31 heavy (non-hydrogen) atoms. The van der Waals surface area contributed by atoms with Gasteiger partial charge in [-0.2, -0.15) is 5.26 Å². The van der Waals surface area contributed by atoms with Crippen molar-refractivity contribution in [1.29, 1.82) is 5.26 Å². The smallest absolute Gasteiger partial charge is 0.405 e. The molecule has 0 spiro atoms. The number of fused-ring (bicyclic) bond motifs is 3. The Labute approximate surface area is 186 Å². The number of hydrogen-bond donors (Lipinski definition) is 3. The average Bonchev–Trinajstić information content (AvgIpc) is 3.44. The molecule has 0 saturated heterocycles. The minimum atomic E-state index is -1.12. The molecule has 2 aromatic rings. The van der Waals surface area contributed by atoms with Crippen LogP contribution in [0.1, 0.15) is 56.2 Å². The van der Waals surface area contributed by atoms with Crippen LogP contribution >= 0.6 is 11.6 Å². The number of aromatic amines is 1. The maximum absolute atomic E-state index is 12.8. The summed E-state index contributed by atoms with van der Waals surface area (Å²) in [6.45, 7) is 1.55. The van der Waals surface area contributed by atoms with Crippen molar-refractivity contribution in [3.8, 4) is 6.07 Å². The molecule has 3 N–H and O–H groups in total. The van der Waals surface area contributed by atoms with Crippen molar-refractivity contribution in [2.75, 3.05) is 6.54 Å². The Morgan fingerprint density at radius 2 is 2.00 bits per heavy atom. The molecule has 2 fully saturated rings. The lowest BCUT2D eigenvalue weighted by atomic mass is 9.87. The fraction of sp³-hybridized carbons (Fsp3) is 0.522. The Bertz CT molecular complexity index is 1030. The Kier molecular flexibility index (Phi) is 6.10. The predicted molar refractivity (Wildman–Crippen MR) is 118 cm³/mol. The number of H-pyrrole nitrogens is 1. The van der Waals surface area contributed by atoms with Gasteiger partial charge in [0, 0.05) is 42.1 Å². The number of carboxylic acid groups (broad SMARTS) is 1. The number of halogens is 1. The van der Waals surface area contributed by atoms with Crippen molar-refractivity contribution in [2.45, 2.75) is 63.5 Å². The lowest BCUT2D eigenvalue weighted by molar-refractivity contribution is -0.137. The summed E-state index contributed by atoms with van der Waals surface area (Å²) in [6.07, 6.45) is 6.92. The molecular weight excluding hydrogens is 416 g/mol. The van der Waals surface area contributed by atoms with E-state index in [0.29, 0.717) is 18.7 Å². The highest BCUT2D eigenvalue weighted by Gasteiger charge is 2.44. The zero-order chi connectivity index (χ0) is 22.0. The first-order valence-electron chi connectivity index (χ1n) is 10.9. The van der Waals surface area contributed by atoms with Crippen molar-refractivity contribution < 1.29 is 14.7 Å². The Morgan fingerprint density at radius 3 is 2.61 bits per heavy atom. The minimum Gasteiger partial charge on any atom is -0.465 e. The molecule has 1 aromatic heterocycles. The highest BCUT2D eigenvalue weighted by Crippen LogP contribution is 2.34. The normalized spacial score (nSPS) is 19.5. The summed E-state index contributed by atoms with van der Waals surface area (Å²) in [6, 6.07) is 7.89. The third-order valence-electron chi connectivity index (χ3n) is 6.54. The van der Waals surface area contributed by atoms with Crippen LogP contribution < -0.4 is 5.32 Å². The largest absolute Gasteiger partial charge is 0.465 e. The number of rotatable bonds is 2.